The molecule has 0 aliphatic rings. The molecule has 5 heteroatoms. The average molecular weight is 359 g/mol. The Morgan fingerprint density at radius 3 is 2.44 bits per heavy atom. The summed E-state index contributed by atoms with van der Waals surface area (Å²) < 4.78 is 0. The quantitative estimate of drug-likeness (QED) is 0.823. The van der Waals surface area contributed by atoms with Gasteiger partial charge in [-0.2, -0.15) is 0 Å². The summed E-state index contributed by atoms with van der Waals surface area (Å²) in [4.78, 5) is 25.6. The van der Waals surface area contributed by atoms with Crippen molar-refractivity contribution in [2.45, 2.75) is 20.3 Å². The fourth-order valence-corrected chi connectivity index (χ4v) is 2.71. The van der Waals surface area contributed by atoms with E-state index in [1.807, 2.05) is 43.3 Å². The first-order chi connectivity index (χ1) is 12.0. The molecule has 0 heterocycles. The van der Waals surface area contributed by atoms with Gasteiger partial charge in [0.25, 0.3) is 5.91 Å². The Kier molecular flexibility index (Phi) is 7.02. The normalized spacial score (nSPS) is 10.4. The molecule has 132 valence electrons. The van der Waals surface area contributed by atoms with E-state index in [9.17, 15) is 9.59 Å². The third kappa shape index (κ3) is 6.24. The maximum atomic E-state index is 12.1. The van der Waals surface area contributed by atoms with Crippen LogP contribution in [0.4, 0.5) is 0 Å². The number of carbonyl (C=O) groups is 2. The van der Waals surface area contributed by atoms with Crippen molar-refractivity contribution >= 4 is 23.4 Å². The van der Waals surface area contributed by atoms with Crippen LogP contribution in [0.2, 0.25) is 5.02 Å². The molecule has 0 bridgehead atoms. The van der Waals surface area contributed by atoms with Gasteiger partial charge in [-0.05, 0) is 43.2 Å². The van der Waals surface area contributed by atoms with Crippen molar-refractivity contribution in [2.75, 3.05) is 19.6 Å². The highest BCUT2D eigenvalue weighted by Crippen LogP contribution is 2.11. The van der Waals surface area contributed by atoms with Crippen LogP contribution in [-0.2, 0) is 11.2 Å². The zero-order valence-electron chi connectivity index (χ0n) is 14.6. The van der Waals surface area contributed by atoms with E-state index in [1.165, 1.54) is 0 Å². The highest BCUT2D eigenvalue weighted by atomic mass is 35.5. The lowest BCUT2D eigenvalue weighted by Crippen LogP contribution is -2.38. The van der Waals surface area contributed by atoms with Crippen LogP contribution < -0.4 is 5.32 Å². The lowest BCUT2D eigenvalue weighted by atomic mass is 10.1. The molecule has 2 rings (SSSR count). The summed E-state index contributed by atoms with van der Waals surface area (Å²) in [6.45, 7) is 5.01. The Hall–Kier alpha value is -2.33. The van der Waals surface area contributed by atoms with E-state index in [0.717, 1.165) is 17.5 Å². The number of carbonyl (C=O) groups excluding carboxylic acids is 2. The summed E-state index contributed by atoms with van der Waals surface area (Å²) in [6, 6.07) is 15.0. The molecule has 0 atom stereocenters. The molecule has 2 amide bonds. The molecular formula is C20H23ClN2O2. The lowest BCUT2D eigenvalue weighted by Gasteiger charge is -2.21. The first-order valence-electron chi connectivity index (χ1n) is 8.30. The minimum absolute atomic E-state index is 0.00777. The Morgan fingerprint density at radius 2 is 1.80 bits per heavy atom. The summed E-state index contributed by atoms with van der Waals surface area (Å²) in [5.74, 6) is -0.134. The predicted molar refractivity (Wildman–Crippen MR) is 101 cm³/mol. The van der Waals surface area contributed by atoms with Crippen molar-refractivity contribution in [3.8, 4) is 0 Å². The van der Waals surface area contributed by atoms with Crippen LogP contribution in [0.5, 0.6) is 0 Å². The minimum Gasteiger partial charge on any atom is -0.350 e. The van der Waals surface area contributed by atoms with Crippen LogP contribution in [0.3, 0.4) is 0 Å². The van der Waals surface area contributed by atoms with Crippen molar-refractivity contribution in [3.63, 3.8) is 0 Å². The Labute approximate surface area is 153 Å². The fraction of sp³-hybridized carbons (Fsp3) is 0.300. The van der Waals surface area contributed by atoms with Gasteiger partial charge in [-0.3, -0.25) is 9.59 Å². The smallest absolute Gasteiger partial charge is 0.251 e. The average Bonchev–Trinajstić information content (AvgIpc) is 2.58. The molecule has 2 aromatic carbocycles. The van der Waals surface area contributed by atoms with Gasteiger partial charge < -0.3 is 10.2 Å². The number of nitrogens with one attached hydrogen (secondary N) is 1. The zero-order valence-corrected chi connectivity index (χ0v) is 15.3. The lowest BCUT2D eigenvalue weighted by molar-refractivity contribution is -0.128. The van der Waals surface area contributed by atoms with Gasteiger partial charge in [0.2, 0.25) is 5.91 Å². The number of hydrogen-bond acceptors (Lipinski definition) is 2. The van der Waals surface area contributed by atoms with Crippen LogP contribution >= 0.6 is 11.6 Å². The second-order valence-electron chi connectivity index (χ2n) is 6.01. The van der Waals surface area contributed by atoms with Gasteiger partial charge in [0.1, 0.15) is 0 Å². The minimum atomic E-state index is -0.127. The van der Waals surface area contributed by atoms with Crippen molar-refractivity contribution in [3.05, 3.63) is 70.2 Å². The van der Waals surface area contributed by atoms with Gasteiger partial charge >= 0.3 is 0 Å². The van der Waals surface area contributed by atoms with E-state index in [2.05, 4.69) is 5.32 Å². The molecule has 0 aliphatic carbocycles. The molecule has 0 aliphatic heterocycles. The number of amides is 2. The second kappa shape index (κ2) is 9.23. The van der Waals surface area contributed by atoms with Gasteiger partial charge in [0.15, 0.2) is 0 Å². The standard InChI is InChI=1S/C20H23ClN2O2/c1-15-6-8-18(9-7-15)20(25)22-11-13-23(16(2)24)12-10-17-4-3-5-19(21)14-17/h3-9,14H,10-13H2,1-2H3,(H,22,25). The largest absolute Gasteiger partial charge is 0.350 e. The molecule has 4 nitrogen and oxygen atoms in total. The monoisotopic (exact) mass is 358 g/mol. The van der Waals surface area contributed by atoms with Gasteiger partial charge in [-0.1, -0.05) is 41.4 Å². The van der Waals surface area contributed by atoms with E-state index in [4.69, 9.17) is 11.6 Å². The molecule has 2 aromatic rings. The zero-order chi connectivity index (χ0) is 18.2. The molecule has 1 N–H and O–H groups in total. The molecule has 25 heavy (non-hydrogen) atoms. The maximum Gasteiger partial charge on any atom is 0.251 e. The molecular weight excluding hydrogens is 336 g/mol. The van der Waals surface area contributed by atoms with Gasteiger partial charge in [-0.15, -0.1) is 0 Å². The number of hydrogen-bond donors (Lipinski definition) is 1. The van der Waals surface area contributed by atoms with Gasteiger partial charge in [0, 0.05) is 37.1 Å². The van der Waals surface area contributed by atoms with Crippen molar-refractivity contribution in [1.29, 1.82) is 0 Å². The summed E-state index contributed by atoms with van der Waals surface area (Å²) in [5, 5.41) is 3.55. The topological polar surface area (TPSA) is 49.4 Å². The van der Waals surface area contributed by atoms with Crippen LogP contribution in [0.25, 0.3) is 0 Å². The number of nitrogens with zero attached hydrogens (tertiary/aromatic N) is 1. The summed E-state index contributed by atoms with van der Waals surface area (Å²) in [6.07, 6.45) is 0.728. The Bertz CT molecular complexity index is 729. The van der Waals surface area contributed by atoms with Crippen molar-refractivity contribution in [1.82, 2.24) is 10.2 Å². The van der Waals surface area contributed by atoms with E-state index < -0.39 is 0 Å². The van der Waals surface area contributed by atoms with Gasteiger partial charge in [0.05, 0.1) is 0 Å². The predicted octanol–water partition coefficient (Wildman–Crippen LogP) is 3.47. The van der Waals surface area contributed by atoms with Crippen molar-refractivity contribution < 1.29 is 9.59 Å². The Morgan fingerprint density at radius 1 is 1.08 bits per heavy atom. The van der Waals surface area contributed by atoms with E-state index >= 15 is 0 Å². The maximum absolute atomic E-state index is 12.1. The highest BCUT2D eigenvalue weighted by Gasteiger charge is 2.10. The molecule has 0 saturated carbocycles. The Balaban J connectivity index is 1.82. The first-order valence-corrected chi connectivity index (χ1v) is 8.68. The number of aryl methyl sites for hydroxylation is 1. The fourth-order valence-electron chi connectivity index (χ4n) is 2.49. The molecule has 0 radical (unpaired) electrons. The molecule has 0 unspecified atom stereocenters. The summed E-state index contributed by atoms with van der Waals surface area (Å²) >= 11 is 5.98. The first kappa shape index (κ1) is 19.0. The number of benzene rings is 2. The van der Waals surface area contributed by atoms with Crippen LogP contribution in [0.15, 0.2) is 48.5 Å². The number of halogens is 1. The summed E-state index contributed by atoms with van der Waals surface area (Å²) in [7, 11) is 0. The van der Waals surface area contributed by atoms with E-state index in [-0.39, 0.29) is 11.8 Å². The third-order valence-corrected chi connectivity index (χ3v) is 4.22. The SMILES string of the molecule is CC(=O)N(CCNC(=O)c1ccc(C)cc1)CCc1cccc(Cl)c1. The summed E-state index contributed by atoms with van der Waals surface area (Å²) in [5.41, 5.74) is 2.82. The highest BCUT2D eigenvalue weighted by molar-refractivity contribution is 6.30. The second-order valence-corrected chi connectivity index (χ2v) is 6.44. The van der Waals surface area contributed by atoms with Crippen molar-refractivity contribution in [2.24, 2.45) is 0 Å². The van der Waals surface area contributed by atoms with E-state index in [1.54, 1.807) is 24.0 Å². The van der Waals surface area contributed by atoms with Crippen LogP contribution in [0.1, 0.15) is 28.4 Å². The van der Waals surface area contributed by atoms with Crippen LogP contribution in [-0.4, -0.2) is 36.3 Å². The molecule has 0 spiro atoms. The molecule has 0 saturated heterocycles. The number of rotatable bonds is 7. The van der Waals surface area contributed by atoms with Gasteiger partial charge in [-0.25, -0.2) is 0 Å². The molecule has 0 fully saturated rings. The van der Waals surface area contributed by atoms with E-state index in [0.29, 0.717) is 30.2 Å². The van der Waals surface area contributed by atoms with Crippen LogP contribution in [0, 0.1) is 6.92 Å². The third-order valence-electron chi connectivity index (χ3n) is 3.99. The molecule has 0 aromatic heterocycles.